The van der Waals surface area contributed by atoms with Gasteiger partial charge in [-0.3, -0.25) is 9.59 Å². The molecule has 7 nitrogen and oxygen atoms in total. The van der Waals surface area contributed by atoms with E-state index in [1.807, 2.05) is 12.1 Å². The van der Waals surface area contributed by atoms with Crippen LogP contribution >= 0.6 is 0 Å². The van der Waals surface area contributed by atoms with E-state index in [9.17, 15) is 9.59 Å². The maximum absolute atomic E-state index is 12.8. The van der Waals surface area contributed by atoms with Gasteiger partial charge >= 0.3 is 0 Å². The van der Waals surface area contributed by atoms with Crippen LogP contribution in [0.4, 0.5) is 5.69 Å². The minimum Gasteiger partial charge on any atom is -0.496 e. The third kappa shape index (κ3) is 4.62. The van der Waals surface area contributed by atoms with Crippen molar-refractivity contribution in [2.24, 2.45) is 5.92 Å². The molecular weight excluding hydrogens is 372 g/mol. The van der Waals surface area contributed by atoms with Gasteiger partial charge < -0.3 is 24.4 Å². The highest BCUT2D eigenvalue weighted by Gasteiger charge is 2.29. The molecule has 3 rings (SSSR count). The maximum atomic E-state index is 12.8. The minimum absolute atomic E-state index is 0.0541. The predicted molar refractivity (Wildman–Crippen MR) is 110 cm³/mol. The number of piperidine rings is 1. The molecule has 2 amide bonds. The molecule has 0 aliphatic carbocycles. The Hall–Kier alpha value is -3.22. The van der Waals surface area contributed by atoms with Crippen LogP contribution in [0.5, 0.6) is 17.2 Å². The van der Waals surface area contributed by atoms with E-state index in [1.165, 1.54) is 0 Å². The second-order valence-electron chi connectivity index (χ2n) is 6.83. The molecule has 2 aromatic rings. The summed E-state index contributed by atoms with van der Waals surface area (Å²) in [4.78, 5) is 27.2. The topological polar surface area (TPSA) is 77.1 Å². The predicted octanol–water partition coefficient (Wildman–Crippen LogP) is 3.20. The smallest absolute Gasteiger partial charge is 0.257 e. The van der Waals surface area contributed by atoms with Crippen molar-refractivity contribution in [3.63, 3.8) is 0 Å². The number of ether oxygens (including phenoxy) is 3. The molecule has 154 valence electrons. The van der Waals surface area contributed by atoms with E-state index in [0.717, 1.165) is 0 Å². The lowest BCUT2D eigenvalue weighted by Crippen LogP contribution is -2.41. The average Bonchev–Trinajstić information content (AvgIpc) is 2.78. The second-order valence-corrected chi connectivity index (χ2v) is 6.83. The van der Waals surface area contributed by atoms with Crippen LogP contribution in [0, 0.1) is 5.92 Å². The number of nitrogens with one attached hydrogen (secondary N) is 1. The van der Waals surface area contributed by atoms with Crippen molar-refractivity contribution in [2.45, 2.75) is 12.8 Å². The summed E-state index contributed by atoms with van der Waals surface area (Å²) in [6, 6.07) is 12.5. The van der Waals surface area contributed by atoms with Gasteiger partial charge in [-0.2, -0.15) is 0 Å². The van der Waals surface area contributed by atoms with E-state index in [2.05, 4.69) is 5.32 Å². The quantitative estimate of drug-likeness (QED) is 0.809. The number of methoxy groups -OCH3 is 3. The number of carbonyl (C=O) groups is 2. The van der Waals surface area contributed by atoms with Crippen molar-refractivity contribution >= 4 is 17.5 Å². The van der Waals surface area contributed by atoms with Gasteiger partial charge in [-0.1, -0.05) is 12.1 Å². The molecular formula is C22H26N2O5. The first-order valence-corrected chi connectivity index (χ1v) is 9.52. The number of benzene rings is 2. The number of para-hydroxylation sites is 1. The molecule has 0 radical (unpaired) electrons. The van der Waals surface area contributed by atoms with Crippen molar-refractivity contribution in [1.82, 2.24) is 4.90 Å². The first-order valence-electron chi connectivity index (χ1n) is 9.52. The van der Waals surface area contributed by atoms with E-state index in [4.69, 9.17) is 14.2 Å². The van der Waals surface area contributed by atoms with Crippen LogP contribution < -0.4 is 19.5 Å². The van der Waals surface area contributed by atoms with Gasteiger partial charge in [0.05, 0.1) is 26.9 Å². The molecule has 29 heavy (non-hydrogen) atoms. The Morgan fingerprint density at radius 1 is 0.897 bits per heavy atom. The summed E-state index contributed by atoms with van der Waals surface area (Å²) in [6.45, 7) is 1.06. The SMILES string of the molecule is COc1ccc(NC(=O)C2CCN(C(=O)c3ccccc3OC)CC2)cc1OC. The van der Waals surface area contributed by atoms with Crippen LogP contribution in [0.15, 0.2) is 42.5 Å². The van der Waals surface area contributed by atoms with Crippen molar-refractivity contribution in [2.75, 3.05) is 39.7 Å². The standard InChI is InChI=1S/C22H26N2O5/c1-27-18-7-5-4-6-17(18)22(26)24-12-10-15(11-13-24)21(25)23-16-8-9-19(28-2)20(14-16)29-3/h4-9,14-15H,10-13H2,1-3H3,(H,23,25). The number of nitrogens with zero attached hydrogens (tertiary/aromatic N) is 1. The minimum atomic E-state index is -0.148. The fourth-order valence-corrected chi connectivity index (χ4v) is 3.49. The lowest BCUT2D eigenvalue weighted by atomic mass is 9.95. The number of amides is 2. The molecule has 0 saturated carbocycles. The molecule has 7 heteroatoms. The average molecular weight is 398 g/mol. The van der Waals surface area contributed by atoms with Crippen molar-refractivity contribution in [3.8, 4) is 17.2 Å². The highest BCUT2D eigenvalue weighted by molar-refractivity contribution is 5.97. The Morgan fingerprint density at radius 2 is 1.55 bits per heavy atom. The summed E-state index contributed by atoms with van der Waals surface area (Å²) in [5.74, 6) is 1.45. The van der Waals surface area contributed by atoms with Gasteiger partial charge in [0.25, 0.3) is 5.91 Å². The zero-order valence-corrected chi connectivity index (χ0v) is 16.9. The third-order valence-electron chi connectivity index (χ3n) is 5.14. The first kappa shape index (κ1) is 20.5. The van der Waals surface area contributed by atoms with Crippen molar-refractivity contribution in [1.29, 1.82) is 0 Å². The molecule has 0 atom stereocenters. The van der Waals surface area contributed by atoms with Crippen LogP contribution in [0.25, 0.3) is 0 Å². The molecule has 0 spiro atoms. The number of hydrogen-bond donors (Lipinski definition) is 1. The largest absolute Gasteiger partial charge is 0.496 e. The monoisotopic (exact) mass is 398 g/mol. The first-order chi connectivity index (χ1) is 14.1. The zero-order valence-electron chi connectivity index (χ0n) is 16.9. The number of rotatable bonds is 6. The van der Waals surface area contributed by atoms with Crippen LogP contribution in [0.2, 0.25) is 0 Å². The summed E-state index contributed by atoms with van der Waals surface area (Å²) in [6.07, 6.45) is 1.22. The van der Waals surface area contributed by atoms with Crippen molar-refractivity contribution in [3.05, 3.63) is 48.0 Å². The van der Waals surface area contributed by atoms with Gasteiger partial charge in [0.1, 0.15) is 5.75 Å². The van der Waals surface area contributed by atoms with Crippen molar-refractivity contribution < 1.29 is 23.8 Å². The normalized spacial score (nSPS) is 14.2. The lowest BCUT2D eigenvalue weighted by molar-refractivity contribution is -0.121. The Labute approximate surface area is 170 Å². The molecule has 1 aliphatic rings. The molecule has 1 saturated heterocycles. The summed E-state index contributed by atoms with van der Waals surface area (Å²) >= 11 is 0. The summed E-state index contributed by atoms with van der Waals surface area (Å²) in [5.41, 5.74) is 1.20. The Balaban J connectivity index is 1.59. The molecule has 1 N–H and O–H groups in total. The highest BCUT2D eigenvalue weighted by atomic mass is 16.5. The van der Waals surface area contributed by atoms with E-state index in [-0.39, 0.29) is 17.7 Å². The lowest BCUT2D eigenvalue weighted by Gasteiger charge is -2.31. The Kier molecular flexibility index (Phi) is 6.59. The molecule has 1 aliphatic heterocycles. The van der Waals surface area contributed by atoms with E-state index < -0.39 is 0 Å². The molecule has 1 fully saturated rings. The van der Waals surface area contributed by atoms with E-state index >= 15 is 0 Å². The van der Waals surface area contributed by atoms with E-state index in [0.29, 0.717) is 54.4 Å². The number of hydrogen-bond acceptors (Lipinski definition) is 5. The fraction of sp³-hybridized carbons (Fsp3) is 0.364. The molecule has 0 bridgehead atoms. The Bertz CT molecular complexity index is 875. The van der Waals surface area contributed by atoms with Gasteiger partial charge in [0, 0.05) is 30.8 Å². The molecule has 0 unspecified atom stereocenters. The van der Waals surface area contributed by atoms with Crippen LogP contribution in [-0.2, 0) is 4.79 Å². The summed E-state index contributed by atoms with van der Waals surface area (Å²) in [5, 5.41) is 2.93. The maximum Gasteiger partial charge on any atom is 0.257 e. The fourth-order valence-electron chi connectivity index (χ4n) is 3.49. The van der Waals surface area contributed by atoms with Gasteiger partial charge in [0.2, 0.25) is 5.91 Å². The second kappa shape index (κ2) is 9.32. The Morgan fingerprint density at radius 3 is 2.21 bits per heavy atom. The zero-order chi connectivity index (χ0) is 20.8. The number of anilines is 1. The number of carbonyl (C=O) groups excluding carboxylic acids is 2. The van der Waals surface area contributed by atoms with Crippen LogP contribution in [-0.4, -0.2) is 51.1 Å². The van der Waals surface area contributed by atoms with Gasteiger partial charge in [-0.25, -0.2) is 0 Å². The van der Waals surface area contributed by atoms with E-state index in [1.54, 1.807) is 56.6 Å². The summed E-state index contributed by atoms with van der Waals surface area (Å²) in [7, 11) is 4.67. The molecule has 0 aromatic heterocycles. The molecule has 2 aromatic carbocycles. The van der Waals surface area contributed by atoms with Crippen LogP contribution in [0.1, 0.15) is 23.2 Å². The van der Waals surface area contributed by atoms with Gasteiger partial charge in [-0.15, -0.1) is 0 Å². The van der Waals surface area contributed by atoms with Gasteiger partial charge in [0.15, 0.2) is 11.5 Å². The molecule has 1 heterocycles. The van der Waals surface area contributed by atoms with Crippen LogP contribution in [0.3, 0.4) is 0 Å². The number of likely N-dealkylation sites (tertiary alicyclic amines) is 1. The third-order valence-corrected chi connectivity index (χ3v) is 5.14. The summed E-state index contributed by atoms with van der Waals surface area (Å²) < 4.78 is 15.8. The van der Waals surface area contributed by atoms with Gasteiger partial charge in [-0.05, 0) is 37.1 Å². The highest BCUT2D eigenvalue weighted by Crippen LogP contribution is 2.30.